The summed E-state index contributed by atoms with van der Waals surface area (Å²) >= 11 is 0. The molecule has 0 aliphatic carbocycles. The van der Waals surface area contributed by atoms with Gasteiger partial charge >= 0.3 is 0 Å². The number of nitrogens with one attached hydrogen (secondary N) is 1. The molecule has 0 radical (unpaired) electrons. The fraction of sp³-hybridized carbons (Fsp3) is 0.538. The normalized spacial score (nSPS) is 13.5. The molecule has 1 unspecified atom stereocenters. The highest BCUT2D eigenvalue weighted by molar-refractivity contribution is 7.89. The minimum absolute atomic E-state index is 0.232. The first-order valence-corrected chi connectivity index (χ1v) is 7.82. The molecule has 0 fully saturated rings. The van der Waals surface area contributed by atoms with Crippen LogP contribution in [0.3, 0.4) is 0 Å². The molecule has 0 bridgehead atoms. The third-order valence-electron chi connectivity index (χ3n) is 2.80. The van der Waals surface area contributed by atoms with Crippen molar-refractivity contribution in [3.05, 3.63) is 29.8 Å². The van der Waals surface area contributed by atoms with Crippen LogP contribution in [0.2, 0.25) is 0 Å². The van der Waals surface area contributed by atoms with E-state index in [1.807, 2.05) is 0 Å². The summed E-state index contributed by atoms with van der Waals surface area (Å²) in [5.41, 5.74) is 0. The summed E-state index contributed by atoms with van der Waals surface area (Å²) in [5, 5.41) is 0. The van der Waals surface area contributed by atoms with Gasteiger partial charge in [-0.05, 0) is 31.5 Å². The molecule has 0 heterocycles. The maximum atomic E-state index is 13.0. The predicted octanol–water partition coefficient (Wildman–Crippen LogP) is 3.21. The molecule has 1 aromatic carbocycles. The van der Waals surface area contributed by atoms with Gasteiger partial charge in [0.1, 0.15) is 0 Å². The Morgan fingerprint density at radius 1 is 1.21 bits per heavy atom. The van der Waals surface area contributed by atoms with E-state index in [0.29, 0.717) is 6.07 Å². The molecule has 108 valence electrons. The van der Waals surface area contributed by atoms with Gasteiger partial charge in [0.05, 0.1) is 4.90 Å². The minimum atomic E-state index is -3.79. The fourth-order valence-electron chi connectivity index (χ4n) is 1.74. The maximum Gasteiger partial charge on any atom is 0.240 e. The number of hydrogen-bond donors (Lipinski definition) is 1. The van der Waals surface area contributed by atoms with Crippen molar-refractivity contribution in [2.75, 3.05) is 0 Å². The second-order valence-corrected chi connectivity index (χ2v) is 6.31. The average Bonchev–Trinajstić information content (AvgIpc) is 2.32. The third-order valence-corrected chi connectivity index (χ3v) is 4.39. The van der Waals surface area contributed by atoms with Crippen molar-refractivity contribution >= 4 is 10.0 Å². The Kier molecular flexibility index (Phi) is 5.87. The first-order valence-electron chi connectivity index (χ1n) is 6.34. The smallest absolute Gasteiger partial charge is 0.208 e. The van der Waals surface area contributed by atoms with Crippen LogP contribution in [0.4, 0.5) is 8.78 Å². The second-order valence-electron chi connectivity index (χ2n) is 4.59. The van der Waals surface area contributed by atoms with Crippen molar-refractivity contribution in [1.82, 2.24) is 4.72 Å². The highest BCUT2D eigenvalue weighted by Crippen LogP contribution is 2.15. The monoisotopic (exact) mass is 291 g/mol. The average molecular weight is 291 g/mol. The first-order chi connectivity index (χ1) is 8.86. The fourth-order valence-corrected chi connectivity index (χ4v) is 3.03. The minimum Gasteiger partial charge on any atom is -0.208 e. The summed E-state index contributed by atoms with van der Waals surface area (Å²) in [6.07, 6.45) is 3.74. The van der Waals surface area contributed by atoms with Crippen LogP contribution in [-0.2, 0) is 10.0 Å². The Balaban J connectivity index is 2.72. The largest absolute Gasteiger partial charge is 0.240 e. The van der Waals surface area contributed by atoms with E-state index in [9.17, 15) is 17.2 Å². The van der Waals surface area contributed by atoms with Gasteiger partial charge in [-0.2, -0.15) is 0 Å². The lowest BCUT2D eigenvalue weighted by molar-refractivity contribution is 0.502. The molecule has 0 aromatic heterocycles. The molecule has 1 rings (SSSR count). The summed E-state index contributed by atoms with van der Waals surface area (Å²) in [7, 11) is -3.79. The van der Waals surface area contributed by atoms with Crippen molar-refractivity contribution < 1.29 is 17.2 Å². The Morgan fingerprint density at radius 3 is 2.47 bits per heavy atom. The Bertz CT molecular complexity index is 517. The predicted molar refractivity (Wildman–Crippen MR) is 70.3 cm³/mol. The lowest BCUT2D eigenvalue weighted by atomic mass is 10.1. The van der Waals surface area contributed by atoms with E-state index in [4.69, 9.17) is 0 Å². The Morgan fingerprint density at radius 2 is 1.89 bits per heavy atom. The van der Waals surface area contributed by atoms with Gasteiger partial charge in [-0.1, -0.05) is 26.2 Å². The van der Waals surface area contributed by atoms with Crippen LogP contribution in [-0.4, -0.2) is 14.5 Å². The molecule has 1 atom stereocenters. The molecule has 1 aromatic rings. The zero-order valence-corrected chi connectivity index (χ0v) is 11.9. The van der Waals surface area contributed by atoms with Crippen molar-refractivity contribution in [3.63, 3.8) is 0 Å². The highest BCUT2D eigenvalue weighted by Gasteiger charge is 2.18. The Labute approximate surface area is 113 Å². The summed E-state index contributed by atoms with van der Waals surface area (Å²) in [5.74, 6) is -2.23. The molecule has 0 aliphatic rings. The molecule has 0 aliphatic heterocycles. The number of rotatable bonds is 7. The van der Waals surface area contributed by atoms with E-state index in [-0.39, 0.29) is 10.9 Å². The number of unbranched alkanes of at least 4 members (excludes halogenated alkanes) is 2. The summed E-state index contributed by atoms with van der Waals surface area (Å²) < 4.78 is 52.1. The van der Waals surface area contributed by atoms with E-state index in [0.717, 1.165) is 37.8 Å². The van der Waals surface area contributed by atoms with Crippen LogP contribution in [0.5, 0.6) is 0 Å². The summed E-state index contributed by atoms with van der Waals surface area (Å²) in [6.45, 7) is 3.82. The molecular weight excluding hydrogens is 272 g/mol. The number of sulfonamides is 1. The van der Waals surface area contributed by atoms with Crippen LogP contribution in [0.15, 0.2) is 23.1 Å². The van der Waals surface area contributed by atoms with E-state index in [1.165, 1.54) is 0 Å². The van der Waals surface area contributed by atoms with Crippen molar-refractivity contribution in [2.24, 2.45) is 0 Å². The quantitative estimate of drug-likeness (QED) is 0.784. The maximum absolute atomic E-state index is 13.0. The number of halogens is 2. The first kappa shape index (κ1) is 16.0. The molecule has 19 heavy (non-hydrogen) atoms. The molecule has 0 saturated heterocycles. The second kappa shape index (κ2) is 6.96. The van der Waals surface area contributed by atoms with Crippen LogP contribution >= 0.6 is 0 Å². The zero-order chi connectivity index (χ0) is 14.5. The van der Waals surface area contributed by atoms with Crippen molar-refractivity contribution in [3.8, 4) is 0 Å². The molecule has 0 spiro atoms. The lowest BCUT2D eigenvalue weighted by Crippen LogP contribution is -2.32. The van der Waals surface area contributed by atoms with Gasteiger partial charge < -0.3 is 0 Å². The molecule has 0 amide bonds. The van der Waals surface area contributed by atoms with Crippen LogP contribution < -0.4 is 4.72 Å². The van der Waals surface area contributed by atoms with E-state index in [2.05, 4.69) is 11.6 Å². The number of benzene rings is 1. The number of hydrogen-bond acceptors (Lipinski definition) is 2. The summed E-state index contributed by atoms with van der Waals surface area (Å²) in [6, 6.07) is 2.33. The van der Waals surface area contributed by atoms with Crippen LogP contribution in [0, 0.1) is 11.6 Å². The van der Waals surface area contributed by atoms with E-state index in [1.54, 1.807) is 6.92 Å². The van der Waals surface area contributed by atoms with E-state index < -0.39 is 21.7 Å². The lowest BCUT2D eigenvalue weighted by Gasteiger charge is -2.14. The molecule has 6 heteroatoms. The van der Waals surface area contributed by atoms with Crippen LogP contribution in [0.25, 0.3) is 0 Å². The van der Waals surface area contributed by atoms with Crippen molar-refractivity contribution in [1.29, 1.82) is 0 Å². The van der Waals surface area contributed by atoms with Gasteiger partial charge in [-0.25, -0.2) is 21.9 Å². The van der Waals surface area contributed by atoms with Gasteiger partial charge in [-0.3, -0.25) is 0 Å². The molecular formula is C13H19F2NO2S. The van der Waals surface area contributed by atoms with Gasteiger partial charge in [0.15, 0.2) is 11.6 Å². The highest BCUT2D eigenvalue weighted by atomic mass is 32.2. The summed E-state index contributed by atoms with van der Waals surface area (Å²) in [4.78, 5) is -0.256. The molecule has 0 saturated carbocycles. The topological polar surface area (TPSA) is 46.2 Å². The van der Waals surface area contributed by atoms with E-state index >= 15 is 0 Å². The Hall–Kier alpha value is -1.01. The molecule has 3 nitrogen and oxygen atoms in total. The van der Waals surface area contributed by atoms with Crippen LogP contribution in [0.1, 0.15) is 39.5 Å². The zero-order valence-electron chi connectivity index (χ0n) is 11.1. The third kappa shape index (κ3) is 4.87. The molecule has 1 N–H and O–H groups in total. The van der Waals surface area contributed by atoms with Gasteiger partial charge in [0, 0.05) is 6.04 Å². The van der Waals surface area contributed by atoms with Crippen molar-refractivity contribution in [2.45, 2.75) is 50.5 Å². The van der Waals surface area contributed by atoms with Gasteiger partial charge in [0.2, 0.25) is 10.0 Å². The van der Waals surface area contributed by atoms with Gasteiger partial charge in [-0.15, -0.1) is 0 Å². The van der Waals surface area contributed by atoms with Gasteiger partial charge in [0.25, 0.3) is 0 Å². The standard InChI is InChI=1S/C13H19F2NO2S/c1-3-4-5-6-10(2)16-19(17,18)11-7-8-12(14)13(15)9-11/h7-10,16H,3-6H2,1-2H3. The SMILES string of the molecule is CCCCCC(C)NS(=O)(=O)c1ccc(F)c(F)c1.